The first-order chi connectivity index (χ1) is 17.0. The topological polar surface area (TPSA) is 144 Å². The van der Waals surface area contributed by atoms with Crippen molar-refractivity contribution in [3.05, 3.63) is 65.7 Å². The first kappa shape index (κ1) is 26.8. The molecule has 12 heteroatoms. The third-order valence-electron chi connectivity index (χ3n) is 5.62. The second kappa shape index (κ2) is 10.9. The molecule has 0 spiro atoms. The predicted molar refractivity (Wildman–Crippen MR) is 130 cm³/mol. The molecule has 1 heterocycles. The molecule has 2 aromatic carbocycles. The summed E-state index contributed by atoms with van der Waals surface area (Å²) < 4.78 is 26.6. The van der Waals surface area contributed by atoms with Crippen molar-refractivity contribution in [3.8, 4) is 0 Å². The Kier molecular flexibility index (Phi) is 8.10. The number of rotatable bonds is 10. The van der Waals surface area contributed by atoms with E-state index >= 15 is 0 Å². The Hall–Kier alpha value is -3.77. The van der Waals surface area contributed by atoms with Crippen LogP contribution in [-0.4, -0.2) is 66.0 Å². The molecule has 0 unspecified atom stereocenters. The Labute approximate surface area is 209 Å². The fourth-order valence-electron chi connectivity index (χ4n) is 3.88. The van der Waals surface area contributed by atoms with Crippen LogP contribution < -0.4 is 9.89 Å². The van der Waals surface area contributed by atoms with Crippen LogP contribution in [0, 0.1) is 5.92 Å². The third-order valence-corrected chi connectivity index (χ3v) is 6.63. The number of hydrogen-bond donors (Lipinski definition) is 2. The molecular weight excluding hydrogens is 488 g/mol. The van der Waals surface area contributed by atoms with E-state index in [0.717, 1.165) is 11.2 Å². The summed E-state index contributed by atoms with van der Waals surface area (Å²) in [7, 11) is -4.21. The number of hydroxylamine groups is 1. The Morgan fingerprint density at radius 2 is 1.50 bits per heavy atom. The van der Waals surface area contributed by atoms with Crippen LogP contribution in [0.1, 0.15) is 47.4 Å². The first-order valence-electron chi connectivity index (χ1n) is 11.2. The molecule has 0 fully saturated rings. The van der Waals surface area contributed by atoms with Gasteiger partial charge in [0.25, 0.3) is 17.7 Å². The molecule has 4 amide bonds. The molecule has 1 atom stereocenters. The summed E-state index contributed by atoms with van der Waals surface area (Å²) in [6.07, 6.45) is 1.11. The number of sulfonamides is 1. The minimum Gasteiger partial charge on any atom is -0.289 e. The first-order valence-corrected chi connectivity index (χ1v) is 13.1. The van der Waals surface area contributed by atoms with Gasteiger partial charge in [0.15, 0.2) is 6.04 Å². The van der Waals surface area contributed by atoms with E-state index in [0.29, 0.717) is 15.8 Å². The largest absolute Gasteiger partial charge is 0.289 e. The van der Waals surface area contributed by atoms with Gasteiger partial charge in [0, 0.05) is 6.42 Å². The second-order valence-electron chi connectivity index (χ2n) is 8.77. The van der Waals surface area contributed by atoms with Gasteiger partial charge >= 0.3 is 0 Å². The molecule has 2 N–H and O–H groups in total. The molecule has 0 saturated heterocycles. The lowest BCUT2D eigenvalue weighted by molar-refractivity contribution is -0.144. The highest BCUT2D eigenvalue weighted by Gasteiger charge is 2.44. The van der Waals surface area contributed by atoms with Crippen molar-refractivity contribution in [2.24, 2.45) is 5.92 Å². The lowest BCUT2D eigenvalue weighted by atomic mass is 10.1. The summed E-state index contributed by atoms with van der Waals surface area (Å²) in [6.45, 7) is 3.06. The lowest BCUT2D eigenvalue weighted by Gasteiger charge is -2.39. The fraction of sp³-hybridized carbons (Fsp3) is 0.333. The Morgan fingerprint density at radius 3 is 1.97 bits per heavy atom. The number of benzene rings is 2. The second-order valence-corrected chi connectivity index (χ2v) is 10.6. The Balaban J connectivity index is 2.12. The molecular formula is C24H28N4O7S. The molecule has 3 rings (SSSR count). The van der Waals surface area contributed by atoms with Crippen molar-refractivity contribution < 1.29 is 32.8 Å². The van der Waals surface area contributed by atoms with Crippen molar-refractivity contribution >= 4 is 39.3 Å². The normalized spacial score (nSPS) is 14.0. The molecule has 0 bridgehead atoms. The van der Waals surface area contributed by atoms with Crippen LogP contribution in [0.4, 0.5) is 5.69 Å². The third kappa shape index (κ3) is 5.55. The molecule has 192 valence electrons. The van der Waals surface area contributed by atoms with Gasteiger partial charge in [0.05, 0.1) is 29.6 Å². The number of nitrogens with zero attached hydrogens (tertiary/aromatic N) is 3. The Bertz CT molecular complexity index is 1230. The Morgan fingerprint density at radius 1 is 0.972 bits per heavy atom. The van der Waals surface area contributed by atoms with Gasteiger partial charge in [-0.15, -0.1) is 0 Å². The maximum absolute atomic E-state index is 13.5. The number of fused-ring (bicyclic) bond motifs is 1. The molecule has 36 heavy (non-hydrogen) atoms. The highest BCUT2D eigenvalue weighted by atomic mass is 32.2. The number of hydrazine groups is 1. The van der Waals surface area contributed by atoms with E-state index < -0.39 is 46.2 Å². The van der Waals surface area contributed by atoms with Crippen molar-refractivity contribution in [3.63, 3.8) is 0 Å². The summed E-state index contributed by atoms with van der Waals surface area (Å²) >= 11 is 0. The summed E-state index contributed by atoms with van der Waals surface area (Å²) in [5.74, 6) is -3.24. The van der Waals surface area contributed by atoms with E-state index in [1.807, 2.05) is 13.8 Å². The SMILES string of the molecule is CC(C)CCC(=O)N([C@H](CN1C(=O)c2ccccc2C1=O)C(=O)NO)N(c1ccccc1)S(C)(=O)=O. The van der Waals surface area contributed by atoms with E-state index in [1.54, 1.807) is 30.3 Å². The van der Waals surface area contributed by atoms with E-state index in [-0.39, 0.29) is 29.2 Å². The standard InChI is InChI=1S/C24H28N4O7S/c1-16(2)13-14-21(29)27(28(36(3,34)35)17-9-5-4-6-10-17)20(22(30)25-33)15-26-23(31)18-11-7-8-12-19(18)24(26)32/h4-12,16,20,33H,13-15H2,1-3H3,(H,25,30)/t20-/m1/s1. The number of nitrogens with one attached hydrogen (secondary N) is 1. The maximum atomic E-state index is 13.5. The van der Waals surface area contributed by atoms with Crippen LogP contribution in [0.15, 0.2) is 54.6 Å². The summed E-state index contributed by atoms with van der Waals surface area (Å²) in [4.78, 5) is 53.1. The average molecular weight is 517 g/mol. The van der Waals surface area contributed by atoms with Gasteiger partial charge in [0.1, 0.15) is 0 Å². The number of imide groups is 1. The maximum Gasteiger partial charge on any atom is 0.270 e. The molecule has 2 aromatic rings. The summed E-state index contributed by atoms with van der Waals surface area (Å²) in [5.41, 5.74) is 1.73. The highest BCUT2D eigenvalue weighted by molar-refractivity contribution is 7.92. The average Bonchev–Trinajstić information content (AvgIpc) is 3.08. The molecule has 0 radical (unpaired) electrons. The van der Waals surface area contributed by atoms with Crippen LogP contribution in [0.25, 0.3) is 0 Å². The van der Waals surface area contributed by atoms with Gasteiger partial charge in [-0.05, 0) is 36.6 Å². The van der Waals surface area contributed by atoms with E-state index in [2.05, 4.69) is 0 Å². The van der Waals surface area contributed by atoms with Gasteiger partial charge < -0.3 is 0 Å². The molecule has 11 nitrogen and oxygen atoms in total. The van der Waals surface area contributed by atoms with Gasteiger partial charge in [-0.25, -0.2) is 18.9 Å². The van der Waals surface area contributed by atoms with Gasteiger partial charge in [-0.2, -0.15) is 4.41 Å². The molecule has 1 aliphatic heterocycles. The smallest absolute Gasteiger partial charge is 0.270 e. The number of hydrogen-bond acceptors (Lipinski definition) is 7. The number of anilines is 1. The molecule has 0 aliphatic carbocycles. The monoisotopic (exact) mass is 516 g/mol. The van der Waals surface area contributed by atoms with Crippen molar-refractivity contribution in [2.45, 2.75) is 32.7 Å². The zero-order chi connectivity index (χ0) is 26.6. The van der Waals surface area contributed by atoms with E-state index in [1.165, 1.54) is 29.7 Å². The highest BCUT2D eigenvalue weighted by Crippen LogP contribution is 2.27. The van der Waals surface area contributed by atoms with Gasteiger partial charge in [0.2, 0.25) is 15.9 Å². The van der Waals surface area contributed by atoms with Gasteiger partial charge in [-0.3, -0.25) is 29.3 Å². The van der Waals surface area contributed by atoms with Crippen LogP contribution in [-0.2, 0) is 19.6 Å². The number of carbonyl (C=O) groups is 4. The number of amides is 4. The summed E-state index contributed by atoms with van der Waals surface area (Å²) in [5, 5.41) is 10.2. The quantitative estimate of drug-likeness (QED) is 0.278. The van der Waals surface area contributed by atoms with Crippen molar-refractivity contribution in [1.82, 2.24) is 15.4 Å². The lowest BCUT2D eigenvalue weighted by Crippen LogP contribution is -2.62. The van der Waals surface area contributed by atoms with Crippen LogP contribution in [0.5, 0.6) is 0 Å². The molecule has 0 saturated carbocycles. The number of para-hydroxylation sites is 1. The predicted octanol–water partition coefficient (Wildman–Crippen LogP) is 1.80. The molecule has 0 aromatic heterocycles. The van der Waals surface area contributed by atoms with Crippen LogP contribution in [0.3, 0.4) is 0 Å². The van der Waals surface area contributed by atoms with Gasteiger partial charge in [-0.1, -0.05) is 44.2 Å². The zero-order valence-corrected chi connectivity index (χ0v) is 20.9. The van der Waals surface area contributed by atoms with Crippen LogP contribution in [0.2, 0.25) is 0 Å². The van der Waals surface area contributed by atoms with E-state index in [9.17, 15) is 32.8 Å². The number of carbonyl (C=O) groups excluding carboxylic acids is 4. The van der Waals surface area contributed by atoms with E-state index in [4.69, 9.17) is 0 Å². The minimum atomic E-state index is -4.21. The summed E-state index contributed by atoms with van der Waals surface area (Å²) in [6, 6.07) is 11.9. The molecule has 1 aliphatic rings. The van der Waals surface area contributed by atoms with Crippen molar-refractivity contribution in [2.75, 3.05) is 17.2 Å². The minimum absolute atomic E-state index is 0.0518. The van der Waals surface area contributed by atoms with Crippen LogP contribution >= 0.6 is 0 Å². The van der Waals surface area contributed by atoms with Crippen molar-refractivity contribution in [1.29, 1.82) is 0 Å². The fourth-order valence-corrected chi connectivity index (χ4v) is 4.91. The zero-order valence-electron chi connectivity index (χ0n) is 20.1.